The van der Waals surface area contributed by atoms with Gasteiger partial charge in [0.1, 0.15) is 0 Å². The lowest BCUT2D eigenvalue weighted by Gasteiger charge is -2.06. The fourth-order valence-corrected chi connectivity index (χ4v) is 2.58. The van der Waals surface area contributed by atoms with Crippen LogP contribution in [0.15, 0.2) is 32.8 Å². The van der Waals surface area contributed by atoms with E-state index in [1.54, 1.807) is 6.07 Å². The first-order chi connectivity index (χ1) is 12.0. The summed E-state index contributed by atoms with van der Waals surface area (Å²) in [4.78, 5) is 35.4. The maximum atomic E-state index is 11.8. The lowest BCUT2D eigenvalue weighted by molar-refractivity contribution is -0.385. The molecule has 0 fully saturated rings. The van der Waals surface area contributed by atoms with Gasteiger partial charge in [0, 0.05) is 16.1 Å². The molecule has 0 unspecified atom stereocenters. The number of hydrogen-bond donors (Lipinski definition) is 3. The second kappa shape index (κ2) is 6.68. The molecule has 0 aliphatic rings. The highest BCUT2D eigenvalue weighted by Gasteiger charge is 2.19. The van der Waals surface area contributed by atoms with Gasteiger partial charge in [-0.25, -0.2) is 10.4 Å². The summed E-state index contributed by atoms with van der Waals surface area (Å²) in [6.07, 6.45) is 2.66. The fourth-order valence-electron chi connectivity index (χ4n) is 2.11. The number of aromatic nitrogens is 4. The monoisotopic (exact) mass is 407 g/mol. The number of anilines is 1. The first-order valence-electron chi connectivity index (χ1n) is 6.74. The maximum Gasteiger partial charge on any atom is 0.312 e. The molecular formula is C13H10BrN7O4. The molecule has 128 valence electrons. The molecule has 3 aromatic rings. The van der Waals surface area contributed by atoms with E-state index in [1.807, 2.05) is 0 Å². The number of H-pyrrole nitrogens is 2. The Morgan fingerprint density at radius 3 is 3.00 bits per heavy atom. The average molecular weight is 408 g/mol. The van der Waals surface area contributed by atoms with Gasteiger partial charge in [-0.15, -0.1) is 0 Å². The Morgan fingerprint density at radius 2 is 2.28 bits per heavy atom. The minimum Gasteiger partial charge on any atom is -0.490 e. The van der Waals surface area contributed by atoms with Crippen LogP contribution in [0.2, 0.25) is 0 Å². The summed E-state index contributed by atoms with van der Waals surface area (Å²) in [5, 5.41) is 15.0. The summed E-state index contributed by atoms with van der Waals surface area (Å²) in [5.74, 6) is 0.132. The van der Waals surface area contributed by atoms with E-state index in [0.717, 1.165) is 0 Å². The Balaban J connectivity index is 1.91. The van der Waals surface area contributed by atoms with E-state index in [-0.39, 0.29) is 28.5 Å². The molecule has 0 aliphatic carbocycles. The standard InChI is InChI=1S/C13H10BrN7O4/c1-25-10-6(2-7(14)3-8(10)21(23)24)4-17-20-13-18-11-9(12(22)19-13)15-5-16-11/h2-5H,1H3,(H3,15,16,18,19,20,22). The first-order valence-corrected chi connectivity index (χ1v) is 7.53. The largest absolute Gasteiger partial charge is 0.490 e. The van der Waals surface area contributed by atoms with E-state index >= 15 is 0 Å². The Kier molecular flexibility index (Phi) is 4.43. The number of rotatable bonds is 5. The normalized spacial score (nSPS) is 11.1. The molecule has 2 heterocycles. The second-order valence-electron chi connectivity index (χ2n) is 4.69. The van der Waals surface area contributed by atoms with E-state index in [9.17, 15) is 14.9 Å². The number of fused-ring (bicyclic) bond motifs is 1. The van der Waals surface area contributed by atoms with Crippen molar-refractivity contribution < 1.29 is 9.66 Å². The van der Waals surface area contributed by atoms with Crippen molar-refractivity contribution in [3.8, 4) is 5.75 Å². The van der Waals surface area contributed by atoms with Crippen LogP contribution in [-0.4, -0.2) is 38.2 Å². The van der Waals surface area contributed by atoms with Gasteiger partial charge in [0.25, 0.3) is 5.56 Å². The van der Waals surface area contributed by atoms with Crippen molar-refractivity contribution >= 4 is 44.9 Å². The zero-order chi connectivity index (χ0) is 18.0. The third-order valence-corrected chi connectivity index (χ3v) is 3.59. The van der Waals surface area contributed by atoms with Crippen molar-refractivity contribution in [2.24, 2.45) is 5.10 Å². The van der Waals surface area contributed by atoms with Crippen LogP contribution >= 0.6 is 15.9 Å². The lowest BCUT2D eigenvalue weighted by Crippen LogP contribution is -2.11. The van der Waals surface area contributed by atoms with E-state index < -0.39 is 10.5 Å². The van der Waals surface area contributed by atoms with Gasteiger partial charge in [-0.05, 0) is 6.07 Å². The number of imidazole rings is 1. The van der Waals surface area contributed by atoms with Crippen molar-refractivity contribution in [2.75, 3.05) is 12.5 Å². The average Bonchev–Trinajstić information content (AvgIpc) is 3.03. The van der Waals surface area contributed by atoms with Crippen molar-refractivity contribution in [2.45, 2.75) is 0 Å². The van der Waals surface area contributed by atoms with Crippen molar-refractivity contribution in [3.05, 3.63) is 49.0 Å². The Bertz CT molecular complexity index is 1040. The van der Waals surface area contributed by atoms with Gasteiger partial charge in [0.15, 0.2) is 11.2 Å². The molecule has 0 aliphatic heterocycles. The van der Waals surface area contributed by atoms with Crippen LogP contribution in [0.25, 0.3) is 11.2 Å². The molecule has 0 saturated heterocycles. The van der Waals surface area contributed by atoms with Crippen LogP contribution in [0, 0.1) is 10.1 Å². The number of aromatic amines is 2. The van der Waals surface area contributed by atoms with Gasteiger partial charge < -0.3 is 9.72 Å². The SMILES string of the molecule is COc1c(C=NNc2nc3nc[nH]c3c(=O)[nH]2)cc(Br)cc1[N+](=O)[O-]. The highest BCUT2D eigenvalue weighted by atomic mass is 79.9. The molecule has 3 N–H and O–H groups in total. The number of nitro benzene ring substituents is 1. The molecule has 1 aromatic carbocycles. The van der Waals surface area contributed by atoms with Crippen LogP contribution in [0.1, 0.15) is 5.56 Å². The molecular weight excluding hydrogens is 398 g/mol. The summed E-state index contributed by atoms with van der Waals surface area (Å²) in [6.45, 7) is 0. The van der Waals surface area contributed by atoms with Gasteiger partial charge in [0.2, 0.25) is 11.7 Å². The van der Waals surface area contributed by atoms with E-state index in [2.05, 4.69) is 46.4 Å². The fraction of sp³-hybridized carbons (Fsp3) is 0.0769. The number of benzene rings is 1. The first kappa shape index (κ1) is 16.6. The second-order valence-corrected chi connectivity index (χ2v) is 5.61. The van der Waals surface area contributed by atoms with Crippen LogP contribution in [0.5, 0.6) is 5.75 Å². The summed E-state index contributed by atoms with van der Waals surface area (Å²) in [7, 11) is 1.32. The topological polar surface area (TPSA) is 151 Å². The van der Waals surface area contributed by atoms with E-state index in [4.69, 9.17) is 4.74 Å². The molecule has 0 radical (unpaired) electrons. The summed E-state index contributed by atoms with van der Waals surface area (Å²) < 4.78 is 5.58. The van der Waals surface area contributed by atoms with Crippen molar-refractivity contribution in [3.63, 3.8) is 0 Å². The lowest BCUT2D eigenvalue weighted by atomic mass is 10.2. The molecule has 25 heavy (non-hydrogen) atoms. The molecule has 0 atom stereocenters. The highest BCUT2D eigenvalue weighted by Crippen LogP contribution is 2.33. The van der Waals surface area contributed by atoms with Crippen LogP contribution in [0.3, 0.4) is 0 Å². The Morgan fingerprint density at radius 1 is 1.48 bits per heavy atom. The predicted molar refractivity (Wildman–Crippen MR) is 93.1 cm³/mol. The number of nitrogens with zero attached hydrogens (tertiary/aromatic N) is 4. The molecule has 0 amide bonds. The quantitative estimate of drug-likeness (QED) is 0.331. The summed E-state index contributed by atoms with van der Waals surface area (Å²) in [6, 6.07) is 2.93. The van der Waals surface area contributed by atoms with E-state index in [0.29, 0.717) is 10.0 Å². The molecule has 0 bridgehead atoms. The molecule has 0 spiro atoms. The minimum absolute atomic E-state index is 0.0583. The zero-order valence-corrected chi connectivity index (χ0v) is 14.2. The van der Waals surface area contributed by atoms with Crippen LogP contribution in [-0.2, 0) is 0 Å². The molecule has 12 heteroatoms. The third-order valence-electron chi connectivity index (χ3n) is 3.13. The molecule has 11 nitrogen and oxygen atoms in total. The summed E-state index contributed by atoms with van der Waals surface area (Å²) >= 11 is 3.20. The number of nitro groups is 1. The maximum absolute atomic E-state index is 11.8. The molecule has 3 rings (SSSR count). The molecule has 0 saturated carbocycles. The van der Waals surface area contributed by atoms with Crippen molar-refractivity contribution in [1.82, 2.24) is 19.9 Å². The third kappa shape index (κ3) is 3.33. The number of ether oxygens (including phenoxy) is 1. The van der Waals surface area contributed by atoms with Crippen LogP contribution < -0.4 is 15.7 Å². The van der Waals surface area contributed by atoms with Gasteiger partial charge in [-0.1, -0.05) is 15.9 Å². The zero-order valence-electron chi connectivity index (χ0n) is 12.6. The van der Waals surface area contributed by atoms with Crippen molar-refractivity contribution in [1.29, 1.82) is 0 Å². The number of hydrazone groups is 1. The number of halogens is 1. The predicted octanol–water partition coefficient (Wildman–Crippen LogP) is 1.77. The van der Waals surface area contributed by atoms with Gasteiger partial charge >= 0.3 is 5.69 Å². The Labute approximate surface area is 147 Å². The van der Waals surface area contributed by atoms with Gasteiger partial charge in [0.05, 0.1) is 24.6 Å². The number of nitrogens with one attached hydrogen (secondary N) is 3. The molecule has 2 aromatic heterocycles. The Hall–Kier alpha value is -3.28. The number of hydrogen-bond acceptors (Lipinski definition) is 8. The minimum atomic E-state index is -0.557. The smallest absolute Gasteiger partial charge is 0.312 e. The van der Waals surface area contributed by atoms with E-state index in [1.165, 1.54) is 25.7 Å². The summed E-state index contributed by atoms with van der Waals surface area (Å²) in [5.41, 5.74) is 2.77. The highest BCUT2D eigenvalue weighted by molar-refractivity contribution is 9.10. The number of methoxy groups -OCH3 is 1. The van der Waals surface area contributed by atoms with Gasteiger partial charge in [-0.2, -0.15) is 10.1 Å². The van der Waals surface area contributed by atoms with Gasteiger partial charge in [-0.3, -0.25) is 19.9 Å². The van der Waals surface area contributed by atoms with Crippen LogP contribution in [0.4, 0.5) is 11.6 Å².